The van der Waals surface area contributed by atoms with Gasteiger partial charge in [-0.05, 0) is 31.0 Å². The van der Waals surface area contributed by atoms with E-state index in [1.54, 1.807) is 13.0 Å². The smallest absolute Gasteiger partial charge is 0.339 e. The minimum Gasteiger partial charge on any atom is -0.504 e. The topological polar surface area (TPSA) is 104 Å². The molecule has 22 heavy (non-hydrogen) atoms. The van der Waals surface area contributed by atoms with Gasteiger partial charge in [0.25, 0.3) is 5.91 Å². The van der Waals surface area contributed by atoms with Crippen molar-refractivity contribution in [2.24, 2.45) is 0 Å². The van der Waals surface area contributed by atoms with Crippen LogP contribution in [0.25, 0.3) is 0 Å². The summed E-state index contributed by atoms with van der Waals surface area (Å²) in [6.45, 7) is 3.53. The highest BCUT2D eigenvalue weighted by Crippen LogP contribution is 2.23. The fraction of sp³-hybridized carbons (Fsp3) is 0.267. The molecule has 2 rings (SSSR count). The van der Waals surface area contributed by atoms with Crippen LogP contribution in [0.2, 0.25) is 0 Å². The Morgan fingerprint density at radius 3 is 2.77 bits per heavy atom. The second-order valence-electron chi connectivity index (χ2n) is 4.65. The number of nitrogens with one attached hydrogen (secondary N) is 2. The van der Waals surface area contributed by atoms with Crippen LogP contribution >= 0.6 is 0 Å². The van der Waals surface area contributed by atoms with Gasteiger partial charge in [-0.15, -0.1) is 0 Å². The van der Waals surface area contributed by atoms with E-state index in [4.69, 9.17) is 4.74 Å². The normalized spacial score (nSPS) is 10.3. The number of H-pyrrole nitrogens is 1. The summed E-state index contributed by atoms with van der Waals surface area (Å²) in [6.07, 6.45) is 2.00. The molecule has 0 atom stereocenters. The molecule has 0 aliphatic heterocycles. The number of methoxy groups -OCH3 is 1. The summed E-state index contributed by atoms with van der Waals surface area (Å²) in [5, 5.41) is 12.2. The van der Waals surface area contributed by atoms with Crippen molar-refractivity contribution in [3.05, 3.63) is 40.8 Å². The molecule has 1 amide bonds. The highest BCUT2D eigenvalue weighted by molar-refractivity contribution is 6.06. The van der Waals surface area contributed by atoms with E-state index < -0.39 is 11.9 Å². The number of rotatable bonds is 4. The van der Waals surface area contributed by atoms with Gasteiger partial charge in [-0.25, -0.2) is 9.78 Å². The summed E-state index contributed by atoms with van der Waals surface area (Å²) < 4.78 is 4.75. The fourth-order valence-corrected chi connectivity index (χ4v) is 2.19. The van der Waals surface area contributed by atoms with Crippen LogP contribution in [0.5, 0.6) is 5.75 Å². The Kier molecular flexibility index (Phi) is 4.45. The quantitative estimate of drug-likeness (QED) is 0.750. The van der Waals surface area contributed by atoms with Crippen molar-refractivity contribution in [1.82, 2.24) is 9.97 Å². The van der Waals surface area contributed by atoms with Crippen LogP contribution in [0.4, 0.5) is 5.82 Å². The highest BCUT2D eigenvalue weighted by Gasteiger charge is 2.24. The van der Waals surface area contributed by atoms with E-state index in [0.717, 1.165) is 0 Å². The summed E-state index contributed by atoms with van der Waals surface area (Å²) in [7, 11) is 1.29. The molecule has 0 bridgehead atoms. The monoisotopic (exact) mass is 303 g/mol. The number of hydrogen-bond acceptors (Lipinski definition) is 5. The number of carbonyl (C=O) groups excluding carboxylic acids is 2. The number of aromatic hydroxyl groups is 1. The van der Waals surface area contributed by atoms with E-state index in [1.807, 2.05) is 6.92 Å². The number of aryl methyl sites for hydroxylation is 1. The first-order valence-corrected chi connectivity index (χ1v) is 6.74. The lowest BCUT2D eigenvalue weighted by atomic mass is 10.1. The molecule has 0 saturated carbocycles. The summed E-state index contributed by atoms with van der Waals surface area (Å²) in [5.74, 6) is -1.06. The number of carbonyl (C=O) groups is 2. The largest absolute Gasteiger partial charge is 0.504 e. The van der Waals surface area contributed by atoms with Crippen molar-refractivity contribution >= 4 is 17.7 Å². The minimum atomic E-state index is -0.495. The minimum absolute atomic E-state index is 0.0548. The van der Waals surface area contributed by atoms with Crippen molar-refractivity contribution in [2.75, 3.05) is 12.4 Å². The van der Waals surface area contributed by atoms with Gasteiger partial charge in [-0.1, -0.05) is 6.92 Å². The van der Waals surface area contributed by atoms with Gasteiger partial charge in [-0.2, -0.15) is 0 Å². The first kappa shape index (κ1) is 15.6. The molecule has 0 saturated heterocycles. The molecule has 0 aliphatic carbocycles. The predicted molar refractivity (Wildman–Crippen MR) is 80.1 cm³/mol. The van der Waals surface area contributed by atoms with Gasteiger partial charge >= 0.3 is 5.97 Å². The number of aromatic amines is 1. The summed E-state index contributed by atoms with van der Waals surface area (Å²) >= 11 is 0. The van der Waals surface area contributed by atoms with E-state index in [1.165, 1.54) is 19.4 Å². The third kappa shape index (κ3) is 2.78. The van der Waals surface area contributed by atoms with E-state index >= 15 is 0 Å². The maximum Gasteiger partial charge on any atom is 0.339 e. The van der Waals surface area contributed by atoms with Crippen LogP contribution in [0, 0.1) is 6.92 Å². The van der Waals surface area contributed by atoms with E-state index in [0.29, 0.717) is 23.2 Å². The van der Waals surface area contributed by atoms with Crippen molar-refractivity contribution in [1.29, 1.82) is 0 Å². The Bertz CT molecular complexity index is 722. The Balaban J connectivity index is 2.37. The highest BCUT2D eigenvalue weighted by atomic mass is 16.5. The van der Waals surface area contributed by atoms with Gasteiger partial charge in [0, 0.05) is 11.9 Å². The number of pyridine rings is 1. The number of esters is 1. The maximum atomic E-state index is 12.3. The second-order valence-corrected chi connectivity index (χ2v) is 4.65. The molecule has 2 aromatic rings. The van der Waals surface area contributed by atoms with Gasteiger partial charge in [0.15, 0.2) is 11.6 Å². The number of ether oxygens (including phenoxy) is 1. The molecule has 0 unspecified atom stereocenters. The maximum absolute atomic E-state index is 12.3. The first-order valence-electron chi connectivity index (χ1n) is 6.74. The number of nitrogens with zero attached hydrogens (tertiary/aromatic N) is 1. The Morgan fingerprint density at radius 2 is 2.18 bits per heavy atom. The standard InChI is InChI=1S/C15H17N3O4/c1-4-9-11(15(21)22-3)8(2)12(17-9)14(20)18-13-10(19)6-5-7-16-13/h5-7,17,19H,4H2,1-3H3,(H,16,18,20). The van der Waals surface area contributed by atoms with Crippen molar-refractivity contribution in [2.45, 2.75) is 20.3 Å². The van der Waals surface area contributed by atoms with Gasteiger partial charge in [-0.3, -0.25) is 4.79 Å². The van der Waals surface area contributed by atoms with E-state index in [9.17, 15) is 14.7 Å². The number of amides is 1. The molecule has 2 aromatic heterocycles. The molecule has 3 N–H and O–H groups in total. The predicted octanol–water partition coefficient (Wildman–Crippen LogP) is 2.03. The lowest BCUT2D eigenvalue weighted by Crippen LogP contribution is -2.15. The molecular weight excluding hydrogens is 286 g/mol. The van der Waals surface area contributed by atoms with E-state index in [2.05, 4.69) is 15.3 Å². The van der Waals surface area contributed by atoms with Crippen LogP contribution in [-0.2, 0) is 11.2 Å². The van der Waals surface area contributed by atoms with E-state index in [-0.39, 0.29) is 17.3 Å². The first-order chi connectivity index (χ1) is 10.5. The molecule has 116 valence electrons. The number of anilines is 1. The molecule has 2 heterocycles. The summed E-state index contributed by atoms with van der Waals surface area (Å²) in [4.78, 5) is 31.0. The van der Waals surface area contributed by atoms with Crippen LogP contribution in [0.3, 0.4) is 0 Å². The molecule has 7 nitrogen and oxygen atoms in total. The zero-order chi connectivity index (χ0) is 16.3. The second kappa shape index (κ2) is 6.30. The van der Waals surface area contributed by atoms with Gasteiger partial charge < -0.3 is 20.1 Å². The SMILES string of the molecule is CCc1[nH]c(C(=O)Nc2ncccc2O)c(C)c1C(=O)OC. The number of hydrogen-bond donors (Lipinski definition) is 3. The molecule has 0 radical (unpaired) electrons. The molecule has 0 fully saturated rings. The van der Waals surface area contributed by atoms with Crippen LogP contribution in [0.1, 0.15) is 39.0 Å². The van der Waals surface area contributed by atoms with Gasteiger partial charge in [0.1, 0.15) is 5.69 Å². The molecular formula is C15H17N3O4. The van der Waals surface area contributed by atoms with Crippen LogP contribution in [0.15, 0.2) is 18.3 Å². The Morgan fingerprint density at radius 1 is 1.45 bits per heavy atom. The third-order valence-corrected chi connectivity index (χ3v) is 3.32. The Labute approximate surface area is 127 Å². The summed E-state index contributed by atoms with van der Waals surface area (Å²) in [5.41, 5.74) is 1.72. The Hall–Kier alpha value is -2.83. The average molecular weight is 303 g/mol. The third-order valence-electron chi connectivity index (χ3n) is 3.32. The zero-order valence-electron chi connectivity index (χ0n) is 12.6. The molecule has 0 aliphatic rings. The molecule has 7 heteroatoms. The lowest BCUT2D eigenvalue weighted by molar-refractivity contribution is 0.0599. The van der Waals surface area contributed by atoms with Crippen molar-refractivity contribution < 1.29 is 19.4 Å². The van der Waals surface area contributed by atoms with Gasteiger partial charge in [0.2, 0.25) is 0 Å². The average Bonchev–Trinajstić information content (AvgIpc) is 2.85. The molecule has 0 aromatic carbocycles. The van der Waals surface area contributed by atoms with Crippen LogP contribution < -0.4 is 5.32 Å². The number of aromatic nitrogens is 2. The lowest BCUT2D eigenvalue weighted by Gasteiger charge is -2.05. The molecule has 0 spiro atoms. The fourth-order valence-electron chi connectivity index (χ4n) is 2.19. The summed E-state index contributed by atoms with van der Waals surface area (Å²) in [6, 6.07) is 2.97. The van der Waals surface area contributed by atoms with Crippen LogP contribution in [-0.4, -0.2) is 34.1 Å². The zero-order valence-corrected chi connectivity index (χ0v) is 12.6. The van der Waals surface area contributed by atoms with Crippen molar-refractivity contribution in [3.63, 3.8) is 0 Å². The van der Waals surface area contributed by atoms with Gasteiger partial charge in [0.05, 0.1) is 12.7 Å². The van der Waals surface area contributed by atoms with Crippen molar-refractivity contribution in [3.8, 4) is 5.75 Å².